The maximum Gasteiger partial charge on any atom is 0.416 e. The van der Waals surface area contributed by atoms with Crippen molar-refractivity contribution in [2.45, 2.75) is 37.7 Å². The summed E-state index contributed by atoms with van der Waals surface area (Å²) in [6.45, 7) is 2.62. The summed E-state index contributed by atoms with van der Waals surface area (Å²) < 4.78 is 43.6. The zero-order valence-corrected chi connectivity index (χ0v) is 9.92. The van der Waals surface area contributed by atoms with Crippen molar-refractivity contribution in [3.05, 3.63) is 34.9 Å². The van der Waals surface area contributed by atoms with E-state index in [0.717, 1.165) is 17.2 Å². The molecule has 3 unspecified atom stereocenters. The molecule has 0 radical (unpaired) electrons. The lowest BCUT2D eigenvalue weighted by atomic mass is 10.0. The third-order valence-electron chi connectivity index (χ3n) is 3.62. The lowest BCUT2D eigenvalue weighted by molar-refractivity contribution is -0.137. The van der Waals surface area contributed by atoms with E-state index < -0.39 is 11.7 Å². The van der Waals surface area contributed by atoms with Crippen LogP contribution in [0, 0.1) is 0 Å². The van der Waals surface area contributed by atoms with Crippen LogP contribution in [0.1, 0.15) is 29.7 Å². The molecular formula is C13H14F3NO. The summed E-state index contributed by atoms with van der Waals surface area (Å²) >= 11 is 0. The van der Waals surface area contributed by atoms with Gasteiger partial charge in [-0.2, -0.15) is 13.2 Å². The molecule has 0 bridgehead atoms. The first-order valence-corrected chi connectivity index (χ1v) is 6.03. The monoisotopic (exact) mass is 257 g/mol. The summed E-state index contributed by atoms with van der Waals surface area (Å²) in [6, 6.07) is 4.26. The van der Waals surface area contributed by atoms with Crippen molar-refractivity contribution in [2.75, 3.05) is 6.61 Å². The Bertz CT molecular complexity index is 472. The minimum atomic E-state index is -4.27. The number of ether oxygens (including phenoxy) is 1. The molecular weight excluding hydrogens is 243 g/mol. The first kappa shape index (κ1) is 12.0. The molecule has 1 aliphatic heterocycles. The fourth-order valence-electron chi connectivity index (χ4n) is 2.77. The molecule has 0 amide bonds. The number of halogens is 3. The van der Waals surface area contributed by atoms with Crippen molar-refractivity contribution in [2.24, 2.45) is 0 Å². The topological polar surface area (TPSA) is 21.3 Å². The molecule has 1 aromatic carbocycles. The highest BCUT2D eigenvalue weighted by molar-refractivity contribution is 5.41. The second kappa shape index (κ2) is 3.96. The smallest absolute Gasteiger partial charge is 0.374 e. The van der Waals surface area contributed by atoms with Crippen molar-refractivity contribution in [1.82, 2.24) is 5.32 Å². The lowest BCUT2D eigenvalue weighted by Crippen LogP contribution is -2.45. The lowest BCUT2D eigenvalue weighted by Gasteiger charge is -2.32. The largest absolute Gasteiger partial charge is 0.416 e. The zero-order valence-electron chi connectivity index (χ0n) is 9.92. The van der Waals surface area contributed by atoms with Crippen molar-refractivity contribution < 1.29 is 17.9 Å². The molecule has 1 N–H and O–H groups in total. The molecule has 3 rings (SSSR count). The Kier molecular flexibility index (Phi) is 2.64. The van der Waals surface area contributed by atoms with E-state index in [-0.39, 0.29) is 18.2 Å². The third-order valence-corrected chi connectivity index (χ3v) is 3.62. The average molecular weight is 257 g/mol. The van der Waals surface area contributed by atoms with Crippen molar-refractivity contribution in [1.29, 1.82) is 0 Å². The van der Waals surface area contributed by atoms with E-state index in [1.807, 2.05) is 6.92 Å². The standard InChI is InChI=1S/C13H14F3NO/c1-7-6-18-11-5-8-4-9(13(14,15)16)2-3-10(8)12(11)17-7/h2-4,7,11-12,17H,5-6H2,1H3. The van der Waals surface area contributed by atoms with Crippen LogP contribution in [0.4, 0.5) is 13.2 Å². The summed E-state index contributed by atoms with van der Waals surface area (Å²) in [5.41, 5.74) is 1.12. The number of alkyl halides is 3. The molecule has 1 aliphatic carbocycles. The van der Waals surface area contributed by atoms with Gasteiger partial charge in [-0.25, -0.2) is 0 Å². The predicted octanol–water partition coefficient (Wildman–Crippen LogP) is 2.68. The van der Waals surface area contributed by atoms with Gasteiger partial charge in [-0.3, -0.25) is 0 Å². The first-order chi connectivity index (χ1) is 8.45. The van der Waals surface area contributed by atoms with Crippen molar-refractivity contribution >= 4 is 0 Å². The van der Waals surface area contributed by atoms with Crippen LogP contribution in [0.2, 0.25) is 0 Å². The van der Waals surface area contributed by atoms with E-state index in [1.165, 1.54) is 6.07 Å². The van der Waals surface area contributed by atoms with Gasteiger partial charge >= 0.3 is 6.18 Å². The van der Waals surface area contributed by atoms with Gasteiger partial charge in [0.25, 0.3) is 0 Å². The molecule has 2 aliphatic rings. The van der Waals surface area contributed by atoms with E-state index in [1.54, 1.807) is 6.07 Å². The number of morpholine rings is 1. The van der Waals surface area contributed by atoms with Crippen LogP contribution in [-0.4, -0.2) is 18.8 Å². The van der Waals surface area contributed by atoms with Crippen molar-refractivity contribution in [3.63, 3.8) is 0 Å². The Morgan fingerprint density at radius 1 is 1.33 bits per heavy atom. The Morgan fingerprint density at radius 2 is 2.11 bits per heavy atom. The van der Waals surface area contributed by atoms with E-state index in [4.69, 9.17) is 4.74 Å². The van der Waals surface area contributed by atoms with Gasteiger partial charge in [0.05, 0.1) is 24.3 Å². The fourth-order valence-corrected chi connectivity index (χ4v) is 2.77. The molecule has 1 saturated heterocycles. The normalized spacial score (nSPS) is 31.0. The Hall–Kier alpha value is -1.07. The summed E-state index contributed by atoms with van der Waals surface area (Å²) in [5.74, 6) is 0. The quantitative estimate of drug-likeness (QED) is 0.771. The molecule has 2 nitrogen and oxygen atoms in total. The SMILES string of the molecule is CC1COC2Cc3cc(C(F)(F)F)ccc3C2N1. The maximum atomic E-state index is 12.6. The minimum Gasteiger partial charge on any atom is -0.374 e. The van der Waals surface area contributed by atoms with Crippen LogP contribution >= 0.6 is 0 Å². The Morgan fingerprint density at radius 3 is 2.83 bits per heavy atom. The van der Waals surface area contributed by atoms with Crippen LogP contribution in [-0.2, 0) is 17.3 Å². The van der Waals surface area contributed by atoms with Gasteiger partial charge in [-0.1, -0.05) is 6.07 Å². The Labute approximate surface area is 103 Å². The average Bonchev–Trinajstić information content (AvgIpc) is 2.65. The van der Waals surface area contributed by atoms with Gasteiger partial charge in [0, 0.05) is 12.5 Å². The minimum absolute atomic E-state index is 0.0281. The summed E-state index contributed by atoms with van der Waals surface area (Å²) in [6.07, 6.45) is -3.74. The predicted molar refractivity (Wildman–Crippen MR) is 60.2 cm³/mol. The fraction of sp³-hybridized carbons (Fsp3) is 0.538. The van der Waals surface area contributed by atoms with Gasteiger partial charge in [0.2, 0.25) is 0 Å². The molecule has 18 heavy (non-hydrogen) atoms. The molecule has 0 saturated carbocycles. The van der Waals surface area contributed by atoms with Crippen LogP contribution in [0.15, 0.2) is 18.2 Å². The number of hydrogen-bond acceptors (Lipinski definition) is 2. The van der Waals surface area contributed by atoms with Crippen molar-refractivity contribution in [3.8, 4) is 0 Å². The molecule has 5 heteroatoms. The number of rotatable bonds is 0. The van der Waals surface area contributed by atoms with E-state index in [9.17, 15) is 13.2 Å². The second-order valence-electron chi connectivity index (χ2n) is 5.03. The van der Waals surface area contributed by atoms with Crippen LogP contribution in [0.5, 0.6) is 0 Å². The summed E-state index contributed by atoms with van der Waals surface area (Å²) in [4.78, 5) is 0. The van der Waals surface area contributed by atoms with Gasteiger partial charge in [-0.05, 0) is 30.2 Å². The third kappa shape index (κ3) is 1.91. The van der Waals surface area contributed by atoms with Crippen LogP contribution in [0.3, 0.4) is 0 Å². The molecule has 0 spiro atoms. The van der Waals surface area contributed by atoms with E-state index in [2.05, 4.69) is 5.32 Å². The maximum absolute atomic E-state index is 12.6. The highest BCUT2D eigenvalue weighted by atomic mass is 19.4. The number of nitrogens with one attached hydrogen (secondary N) is 1. The molecule has 0 aromatic heterocycles. The number of hydrogen-bond donors (Lipinski definition) is 1. The van der Waals surface area contributed by atoms with Gasteiger partial charge < -0.3 is 10.1 Å². The Balaban J connectivity index is 1.94. The first-order valence-electron chi connectivity index (χ1n) is 6.03. The number of fused-ring (bicyclic) bond motifs is 3. The zero-order chi connectivity index (χ0) is 12.9. The van der Waals surface area contributed by atoms with E-state index >= 15 is 0 Å². The van der Waals surface area contributed by atoms with E-state index in [0.29, 0.717) is 13.0 Å². The number of benzene rings is 1. The van der Waals surface area contributed by atoms with Crippen LogP contribution < -0.4 is 5.32 Å². The van der Waals surface area contributed by atoms with Gasteiger partial charge in [-0.15, -0.1) is 0 Å². The molecule has 98 valence electrons. The van der Waals surface area contributed by atoms with Gasteiger partial charge in [0.1, 0.15) is 0 Å². The van der Waals surface area contributed by atoms with Crippen LogP contribution in [0.25, 0.3) is 0 Å². The molecule has 1 aromatic rings. The molecule has 3 atom stereocenters. The summed E-state index contributed by atoms with van der Waals surface area (Å²) in [7, 11) is 0. The van der Waals surface area contributed by atoms with Gasteiger partial charge in [0.15, 0.2) is 0 Å². The summed E-state index contributed by atoms with van der Waals surface area (Å²) in [5, 5.41) is 3.39. The highest BCUT2D eigenvalue weighted by Crippen LogP contribution is 2.39. The second-order valence-corrected chi connectivity index (χ2v) is 5.03. The molecule has 1 heterocycles. The molecule has 1 fully saturated rings. The highest BCUT2D eigenvalue weighted by Gasteiger charge is 2.39.